The zero-order chi connectivity index (χ0) is 20.6. The van der Waals surface area contributed by atoms with Crippen LogP contribution >= 0.6 is 23.5 Å². The monoisotopic (exact) mass is 428 g/mol. The predicted octanol–water partition coefficient (Wildman–Crippen LogP) is 4.54. The van der Waals surface area contributed by atoms with Crippen molar-refractivity contribution in [2.75, 3.05) is 31.1 Å². The van der Waals surface area contributed by atoms with Crippen molar-refractivity contribution in [2.45, 2.75) is 36.5 Å². The number of carbonyl (C=O) groups excluding carboxylic acids is 2. The number of rotatable bonds is 8. The SMILES string of the molecule is Cc1ccc(SCCNC(=O)c2ccccc2SCC(=O)N2CCCC2)cc1C. The summed E-state index contributed by atoms with van der Waals surface area (Å²) >= 11 is 3.19. The van der Waals surface area contributed by atoms with Crippen molar-refractivity contribution >= 4 is 35.3 Å². The first kappa shape index (κ1) is 21.8. The summed E-state index contributed by atoms with van der Waals surface area (Å²) in [4.78, 5) is 28.9. The first-order valence-corrected chi connectivity index (χ1v) is 12.0. The molecule has 0 unspecified atom stereocenters. The van der Waals surface area contributed by atoms with E-state index in [1.807, 2.05) is 29.2 Å². The molecule has 1 saturated heterocycles. The molecule has 2 amide bonds. The minimum absolute atomic E-state index is 0.0811. The molecule has 0 spiro atoms. The molecule has 0 aliphatic carbocycles. The summed E-state index contributed by atoms with van der Waals surface area (Å²) in [7, 11) is 0. The van der Waals surface area contributed by atoms with Gasteiger partial charge in [-0.3, -0.25) is 9.59 Å². The lowest BCUT2D eigenvalue weighted by Crippen LogP contribution is -2.29. The maximum absolute atomic E-state index is 12.6. The summed E-state index contributed by atoms with van der Waals surface area (Å²) in [5.41, 5.74) is 3.22. The van der Waals surface area contributed by atoms with Crippen LogP contribution in [0.25, 0.3) is 0 Å². The lowest BCUT2D eigenvalue weighted by atomic mass is 10.1. The quantitative estimate of drug-likeness (QED) is 0.495. The van der Waals surface area contributed by atoms with Crippen molar-refractivity contribution in [3.63, 3.8) is 0 Å². The summed E-state index contributed by atoms with van der Waals surface area (Å²) < 4.78 is 0. The minimum Gasteiger partial charge on any atom is -0.351 e. The van der Waals surface area contributed by atoms with E-state index in [2.05, 4.69) is 37.4 Å². The van der Waals surface area contributed by atoms with Gasteiger partial charge in [0, 0.05) is 35.2 Å². The number of amides is 2. The van der Waals surface area contributed by atoms with E-state index >= 15 is 0 Å². The minimum atomic E-state index is -0.0811. The van der Waals surface area contributed by atoms with Crippen LogP contribution in [-0.4, -0.2) is 47.9 Å². The van der Waals surface area contributed by atoms with Gasteiger partial charge < -0.3 is 10.2 Å². The van der Waals surface area contributed by atoms with E-state index in [9.17, 15) is 9.59 Å². The standard InChI is InChI=1S/C23H28N2O2S2/c1-17-9-10-19(15-18(17)2)28-14-11-24-23(27)20-7-3-4-8-21(20)29-16-22(26)25-12-5-6-13-25/h3-4,7-10,15H,5-6,11-14,16H2,1-2H3,(H,24,27). The Morgan fingerprint density at radius 1 is 1.00 bits per heavy atom. The van der Waals surface area contributed by atoms with Gasteiger partial charge in [-0.25, -0.2) is 0 Å². The molecule has 0 bridgehead atoms. The van der Waals surface area contributed by atoms with Gasteiger partial charge in [-0.05, 0) is 62.1 Å². The van der Waals surface area contributed by atoms with Crippen LogP contribution in [0.2, 0.25) is 0 Å². The summed E-state index contributed by atoms with van der Waals surface area (Å²) in [5.74, 6) is 1.28. The number of hydrogen-bond donors (Lipinski definition) is 1. The second-order valence-corrected chi connectivity index (χ2v) is 9.41. The van der Waals surface area contributed by atoms with Crippen molar-refractivity contribution in [1.29, 1.82) is 0 Å². The number of aryl methyl sites for hydroxylation is 2. The van der Waals surface area contributed by atoms with Gasteiger partial charge in [0.05, 0.1) is 11.3 Å². The van der Waals surface area contributed by atoms with Crippen molar-refractivity contribution in [1.82, 2.24) is 10.2 Å². The summed E-state index contributed by atoms with van der Waals surface area (Å²) in [6.07, 6.45) is 2.19. The number of carbonyl (C=O) groups is 2. The van der Waals surface area contributed by atoms with Gasteiger partial charge in [0.15, 0.2) is 0 Å². The molecule has 2 aromatic carbocycles. The number of thioether (sulfide) groups is 2. The predicted molar refractivity (Wildman–Crippen MR) is 122 cm³/mol. The Balaban J connectivity index is 1.48. The molecule has 6 heteroatoms. The van der Waals surface area contributed by atoms with E-state index < -0.39 is 0 Å². The summed E-state index contributed by atoms with van der Waals surface area (Å²) in [5, 5.41) is 3.01. The molecule has 0 aromatic heterocycles. The molecule has 1 N–H and O–H groups in total. The first-order valence-electron chi connectivity index (χ1n) is 10.0. The third-order valence-corrected chi connectivity index (χ3v) is 7.13. The zero-order valence-electron chi connectivity index (χ0n) is 17.1. The highest BCUT2D eigenvalue weighted by molar-refractivity contribution is 8.00. The van der Waals surface area contributed by atoms with Crippen molar-refractivity contribution in [3.8, 4) is 0 Å². The Morgan fingerprint density at radius 2 is 1.76 bits per heavy atom. The van der Waals surface area contributed by atoms with E-state index in [-0.39, 0.29) is 11.8 Å². The largest absolute Gasteiger partial charge is 0.351 e. The van der Waals surface area contributed by atoms with Gasteiger partial charge >= 0.3 is 0 Å². The van der Waals surface area contributed by atoms with Crippen LogP contribution in [0, 0.1) is 13.8 Å². The Hall–Kier alpha value is -1.92. The van der Waals surface area contributed by atoms with E-state index in [1.54, 1.807) is 11.8 Å². The number of likely N-dealkylation sites (tertiary alicyclic amines) is 1. The Labute approximate surface area is 181 Å². The second kappa shape index (κ2) is 10.7. The first-order chi connectivity index (χ1) is 14.0. The molecule has 0 radical (unpaired) electrons. The van der Waals surface area contributed by atoms with Gasteiger partial charge in [-0.15, -0.1) is 23.5 Å². The van der Waals surface area contributed by atoms with Crippen molar-refractivity contribution < 1.29 is 9.59 Å². The van der Waals surface area contributed by atoms with E-state index in [4.69, 9.17) is 0 Å². The van der Waals surface area contributed by atoms with Crippen LogP contribution in [0.3, 0.4) is 0 Å². The zero-order valence-corrected chi connectivity index (χ0v) is 18.7. The number of nitrogens with one attached hydrogen (secondary N) is 1. The molecule has 0 saturated carbocycles. The third kappa shape index (κ3) is 6.28. The molecule has 1 fully saturated rings. The van der Waals surface area contributed by atoms with Crippen LogP contribution < -0.4 is 5.32 Å². The van der Waals surface area contributed by atoms with Gasteiger partial charge in [-0.2, -0.15) is 0 Å². The lowest BCUT2D eigenvalue weighted by Gasteiger charge is -2.15. The number of benzene rings is 2. The highest BCUT2D eigenvalue weighted by atomic mass is 32.2. The molecule has 29 heavy (non-hydrogen) atoms. The summed E-state index contributed by atoms with van der Waals surface area (Å²) in [6, 6.07) is 14.0. The van der Waals surface area contributed by atoms with Crippen molar-refractivity contribution in [3.05, 3.63) is 59.2 Å². The van der Waals surface area contributed by atoms with Gasteiger partial charge in [-0.1, -0.05) is 18.2 Å². The maximum atomic E-state index is 12.6. The number of hydrogen-bond acceptors (Lipinski definition) is 4. The van der Waals surface area contributed by atoms with E-state index in [1.165, 1.54) is 27.8 Å². The molecule has 0 atom stereocenters. The fraction of sp³-hybridized carbons (Fsp3) is 0.391. The van der Waals surface area contributed by atoms with Crippen LogP contribution in [0.5, 0.6) is 0 Å². The molecule has 1 aliphatic rings. The average Bonchev–Trinajstić information content (AvgIpc) is 3.27. The van der Waals surface area contributed by atoms with Crippen LogP contribution in [0.4, 0.5) is 0 Å². The van der Waals surface area contributed by atoms with Crippen LogP contribution in [-0.2, 0) is 4.79 Å². The molecule has 3 rings (SSSR count). The Morgan fingerprint density at radius 3 is 2.52 bits per heavy atom. The fourth-order valence-corrected chi connectivity index (χ4v) is 5.03. The Bertz CT molecular complexity index is 864. The van der Waals surface area contributed by atoms with E-state index in [0.29, 0.717) is 17.9 Å². The second-order valence-electron chi connectivity index (χ2n) is 7.22. The molecular formula is C23H28N2O2S2. The molecular weight excluding hydrogens is 400 g/mol. The Kier molecular flexibility index (Phi) is 8.07. The van der Waals surface area contributed by atoms with Gasteiger partial charge in [0.1, 0.15) is 0 Å². The maximum Gasteiger partial charge on any atom is 0.252 e. The van der Waals surface area contributed by atoms with Crippen LogP contribution in [0.1, 0.15) is 34.3 Å². The lowest BCUT2D eigenvalue weighted by molar-refractivity contribution is -0.127. The van der Waals surface area contributed by atoms with Gasteiger partial charge in [0.2, 0.25) is 5.91 Å². The fourth-order valence-electron chi connectivity index (χ4n) is 3.21. The molecule has 1 aliphatic heterocycles. The highest BCUT2D eigenvalue weighted by Gasteiger charge is 2.19. The third-order valence-electron chi connectivity index (χ3n) is 5.08. The van der Waals surface area contributed by atoms with Gasteiger partial charge in [0.25, 0.3) is 5.91 Å². The number of nitrogens with zero attached hydrogens (tertiary/aromatic N) is 1. The highest BCUT2D eigenvalue weighted by Crippen LogP contribution is 2.24. The van der Waals surface area contributed by atoms with E-state index in [0.717, 1.165) is 36.6 Å². The van der Waals surface area contributed by atoms with Crippen molar-refractivity contribution in [2.24, 2.45) is 0 Å². The topological polar surface area (TPSA) is 49.4 Å². The summed E-state index contributed by atoms with van der Waals surface area (Å²) in [6.45, 7) is 6.55. The average molecular weight is 429 g/mol. The van der Waals surface area contributed by atoms with Crippen LogP contribution in [0.15, 0.2) is 52.3 Å². The smallest absolute Gasteiger partial charge is 0.252 e. The molecule has 1 heterocycles. The normalized spacial score (nSPS) is 13.5. The molecule has 154 valence electrons. The molecule has 4 nitrogen and oxygen atoms in total. The molecule has 2 aromatic rings.